The molecule has 0 saturated heterocycles. The summed E-state index contributed by atoms with van der Waals surface area (Å²) >= 11 is 0. The molecule has 0 aliphatic heterocycles. The largest absolute Gasteiger partial charge is 0.455 e. The standard InChI is InChI=1S/C9H13FO2/c1-3-7-4-8(10)9(5-7)12-6(2)11/h4,7,9H,3,5H2,1-2H3/t7-,9?/m0/s1. The zero-order valence-electron chi connectivity index (χ0n) is 7.34. The van der Waals surface area contributed by atoms with Crippen LogP contribution in [0.2, 0.25) is 0 Å². The third kappa shape index (κ3) is 2.06. The highest BCUT2D eigenvalue weighted by Gasteiger charge is 2.27. The SMILES string of the molecule is CC[C@H]1C=C(F)C(OC(C)=O)C1. The second-order valence-corrected chi connectivity index (χ2v) is 3.05. The predicted molar refractivity (Wildman–Crippen MR) is 43.1 cm³/mol. The van der Waals surface area contributed by atoms with Crippen molar-refractivity contribution in [3.8, 4) is 0 Å². The van der Waals surface area contributed by atoms with Gasteiger partial charge in [0.05, 0.1) is 0 Å². The van der Waals surface area contributed by atoms with Crippen LogP contribution in [-0.2, 0) is 9.53 Å². The molecule has 0 bridgehead atoms. The average molecular weight is 172 g/mol. The smallest absolute Gasteiger partial charge is 0.303 e. The molecular weight excluding hydrogens is 159 g/mol. The third-order valence-electron chi connectivity index (χ3n) is 2.05. The van der Waals surface area contributed by atoms with Gasteiger partial charge in [-0.1, -0.05) is 6.92 Å². The second-order valence-electron chi connectivity index (χ2n) is 3.05. The number of allylic oxidation sites excluding steroid dienone is 1. The Balaban J connectivity index is 2.50. The van der Waals surface area contributed by atoms with Gasteiger partial charge in [0.15, 0.2) is 6.10 Å². The van der Waals surface area contributed by atoms with Crippen LogP contribution in [0.5, 0.6) is 0 Å². The van der Waals surface area contributed by atoms with Crippen LogP contribution in [0.15, 0.2) is 11.9 Å². The Labute approximate surface area is 71.4 Å². The molecule has 2 atom stereocenters. The van der Waals surface area contributed by atoms with Gasteiger partial charge in [-0.25, -0.2) is 4.39 Å². The Morgan fingerprint density at radius 3 is 2.92 bits per heavy atom. The first-order valence-corrected chi connectivity index (χ1v) is 4.18. The lowest BCUT2D eigenvalue weighted by Crippen LogP contribution is -2.14. The van der Waals surface area contributed by atoms with E-state index in [0.29, 0.717) is 6.42 Å². The molecule has 0 spiro atoms. The van der Waals surface area contributed by atoms with E-state index in [1.807, 2.05) is 6.92 Å². The van der Waals surface area contributed by atoms with Crippen LogP contribution >= 0.6 is 0 Å². The fourth-order valence-electron chi connectivity index (χ4n) is 1.38. The highest BCUT2D eigenvalue weighted by atomic mass is 19.1. The van der Waals surface area contributed by atoms with Gasteiger partial charge in [0, 0.05) is 6.92 Å². The van der Waals surface area contributed by atoms with Crippen molar-refractivity contribution in [3.63, 3.8) is 0 Å². The van der Waals surface area contributed by atoms with E-state index in [2.05, 4.69) is 0 Å². The van der Waals surface area contributed by atoms with Crippen LogP contribution in [0.3, 0.4) is 0 Å². The molecule has 1 unspecified atom stereocenters. The van der Waals surface area contributed by atoms with E-state index in [1.165, 1.54) is 6.92 Å². The Bertz CT molecular complexity index is 211. The molecule has 0 saturated carbocycles. The molecule has 0 radical (unpaired) electrons. The van der Waals surface area contributed by atoms with Gasteiger partial charge in [0.25, 0.3) is 0 Å². The fourth-order valence-corrected chi connectivity index (χ4v) is 1.38. The highest BCUT2D eigenvalue weighted by Crippen LogP contribution is 2.29. The zero-order valence-corrected chi connectivity index (χ0v) is 7.34. The monoisotopic (exact) mass is 172 g/mol. The number of carbonyl (C=O) groups excluding carboxylic acids is 1. The number of hydrogen-bond donors (Lipinski definition) is 0. The molecule has 0 aromatic heterocycles. The predicted octanol–water partition coefficient (Wildman–Crippen LogP) is 2.20. The van der Waals surface area contributed by atoms with Gasteiger partial charge in [-0.15, -0.1) is 0 Å². The number of esters is 1. The molecule has 0 heterocycles. The lowest BCUT2D eigenvalue weighted by molar-refractivity contribution is -0.145. The minimum absolute atomic E-state index is 0.231. The Kier molecular flexibility index (Phi) is 2.84. The number of carbonyl (C=O) groups is 1. The molecule has 0 fully saturated rings. The van der Waals surface area contributed by atoms with Crippen LogP contribution < -0.4 is 0 Å². The molecule has 1 aliphatic rings. The van der Waals surface area contributed by atoms with Crippen LogP contribution in [0.1, 0.15) is 26.7 Å². The summed E-state index contributed by atoms with van der Waals surface area (Å²) in [7, 11) is 0. The first kappa shape index (κ1) is 9.23. The summed E-state index contributed by atoms with van der Waals surface area (Å²) in [5, 5.41) is 0. The zero-order chi connectivity index (χ0) is 9.14. The summed E-state index contributed by atoms with van der Waals surface area (Å²) in [6.07, 6.45) is 2.42. The van der Waals surface area contributed by atoms with Gasteiger partial charge >= 0.3 is 5.97 Å². The van der Waals surface area contributed by atoms with Gasteiger partial charge in [-0.3, -0.25) is 4.79 Å². The van der Waals surface area contributed by atoms with E-state index in [0.717, 1.165) is 6.42 Å². The molecule has 0 aromatic rings. The molecule has 68 valence electrons. The quantitative estimate of drug-likeness (QED) is 0.597. The topological polar surface area (TPSA) is 26.3 Å². The Morgan fingerprint density at radius 1 is 1.83 bits per heavy atom. The van der Waals surface area contributed by atoms with Crippen molar-refractivity contribution in [2.75, 3.05) is 0 Å². The summed E-state index contributed by atoms with van der Waals surface area (Å²) in [6, 6.07) is 0. The number of rotatable bonds is 2. The Hall–Kier alpha value is -0.860. The second kappa shape index (κ2) is 3.70. The van der Waals surface area contributed by atoms with E-state index in [1.54, 1.807) is 6.08 Å². The molecule has 2 nitrogen and oxygen atoms in total. The summed E-state index contributed by atoms with van der Waals surface area (Å²) in [5.41, 5.74) is 0. The highest BCUT2D eigenvalue weighted by molar-refractivity contribution is 5.66. The van der Waals surface area contributed by atoms with Crippen LogP contribution in [0.25, 0.3) is 0 Å². The summed E-state index contributed by atoms with van der Waals surface area (Å²) in [4.78, 5) is 10.5. The van der Waals surface area contributed by atoms with Crippen molar-refractivity contribution in [1.29, 1.82) is 0 Å². The maximum absolute atomic E-state index is 13.0. The summed E-state index contributed by atoms with van der Waals surface area (Å²) < 4.78 is 17.7. The molecule has 0 amide bonds. The van der Waals surface area contributed by atoms with Crippen LogP contribution in [-0.4, -0.2) is 12.1 Å². The van der Waals surface area contributed by atoms with Gasteiger partial charge in [0.1, 0.15) is 5.83 Å². The van der Waals surface area contributed by atoms with Gasteiger partial charge < -0.3 is 4.74 Å². The number of ether oxygens (including phenoxy) is 1. The van der Waals surface area contributed by atoms with E-state index >= 15 is 0 Å². The van der Waals surface area contributed by atoms with Crippen molar-refractivity contribution in [2.45, 2.75) is 32.8 Å². The average Bonchev–Trinajstić information content (AvgIpc) is 2.31. The molecule has 3 heteroatoms. The number of halogens is 1. The maximum Gasteiger partial charge on any atom is 0.303 e. The fraction of sp³-hybridized carbons (Fsp3) is 0.667. The van der Waals surface area contributed by atoms with Crippen molar-refractivity contribution in [2.24, 2.45) is 5.92 Å². The van der Waals surface area contributed by atoms with Crippen LogP contribution in [0.4, 0.5) is 4.39 Å². The van der Waals surface area contributed by atoms with E-state index < -0.39 is 12.1 Å². The maximum atomic E-state index is 13.0. The van der Waals surface area contributed by atoms with Crippen molar-refractivity contribution < 1.29 is 13.9 Å². The lowest BCUT2D eigenvalue weighted by atomic mass is 10.1. The van der Waals surface area contributed by atoms with E-state index in [9.17, 15) is 9.18 Å². The van der Waals surface area contributed by atoms with E-state index in [-0.39, 0.29) is 11.7 Å². The molecule has 0 N–H and O–H groups in total. The van der Waals surface area contributed by atoms with Crippen molar-refractivity contribution in [3.05, 3.63) is 11.9 Å². The van der Waals surface area contributed by atoms with Crippen molar-refractivity contribution in [1.82, 2.24) is 0 Å². The first-order valence-electron chi connectivity index (χ1n) is 4.18. The Morgan fingerprint density at radius 2 is 2.50 bits per heavy atom. The van der Waals surface area contributed by atoms with Gasteiger partial charge in [-0.2, -0.15) is 0 Å². The third-order valence-corrected chi connectivity index (χ3v) is 2.05. The van der Waals surface area contributed by atoms with Crippen LogP contribution in [0, 0.1) is 5.92 Å². The molecule has 12 heavy (non-hydrogen) atoms. The molecular formula is C9H13FO2. The van der Waals surface area contributed by atoms with Gasteiger partial charge in [-0.05, 0) is 24.8 Å². The molecule has 1 aliphatic carbocycles. The molecule has 0 aromatic carbocycles. The van der Waals surface area contributed by atoms with Crippen molar-refractivity contribution >= 4 is 5.97 Å². The van der Waals surface area contributed by atoms with E-state index in [4.69, 9.17) is 4.74 Å². The molecule has 1 rings (SSSR count). The lowest BCUT2D eigenvalue weighted by Gasteiger charge is -2.10. The summed E-state index contributed by atoms with van der Waals surface area (Å²) in [6.45, 7) is 3.29. The minimum atomic E-state index is -0.618. The number of hydrogen-bond acceptors (Lipinski definition) is 2. The normalized spacial score (nSPS) is 28.4. The van der Waals surface area contributed by atoms with Gasteiger partial charge in [0.2, 0.25) is 0 Å². The first-order chi connectivity index (χ1) is 5.63. The summed E-state index contributed by atoms with van der Waals surface area (Å²) in [5.74, 6) is -0.480. The minimum Gasteiger partial charge on any atom is -0.455 e.